The van der Waals surface area contributed by atoms with E-state index >= 15 is 0 Å². The summed E-state index contributed by atoms with van der Waals surface area (Å²) in [5, 5.41) is 0.712. The van der Waals surface area contributed by atoms with Gasteiger partial charge >= 0.3 is 0 Å². The number of imidazole rings is 1. The monoisotopic (exact) mass is 256 g/mol. The Labute approximate surface area is 105 Å². The molecule has 2 nitrogen and oxygen atoms in total. The summed E-state index contributed by atoms with van der Waals surface area (Å²) in [6.07, 6.45) is 1.88. The molecule has 0 aliphatic rings. The Morgan fingerprint density at radius 3 is 2.69 bits per heavy atom. The molecular weight excluding hydrogens is 243 g/mol. The molecule has 0 saturated carbocycles. The lowest BCUT2D eigenvalue weighted by Crippen LogP contribution is -1.96. The Morgan fingerprint density at radius 1 is 1.44 bits per heavy atom. The molecule has 0 fully saturated rings. The number of alkyl halides is 1. The normalized spacial score (nSPS) is 11.6. The van der Waals surface area contributed by atoms with Gasteiger partial charge in [0.2, 0.25) is 0 Å². The van der Waals surface area contributed by atoms with Crippen molar-refractivity contribution in [1.29, 1.82) is 0 Å². The maximum Gasteiger partial charge on any atom is 0.140 e. The first kappa shape index (κ1) is 11.7. The van der Waals surface area contributed by atoms with Crippen LogP contribution >= 0.6 is 23.2 Å². The van der Waals surface area contributed by atoms with Crippen LogP contribution in [0.1, 0.15) is 36.7 Å². The fourth-order valence-electron chi connectivity index (χ4n) is 1.93. The highest BCUT2D eigenvalue weighted by Crippen LogP contribution is 2.25. The molecule has 0 spiro atoms. The lowest BCUT2D eigenvalue weighted by Gasteiger charge is -2.04. The van der Waals surface area contributed by atoms with E-state index in [0.717, 1.165) is 22.6 Å². The predicted molar refractivity (Wildman–Crippen MR) is 68.6 cm³/mol. The number of aryl methyl sites for hydroxylation is 1. The molecule has 4 heteroatoms. The fourth-order valence-corrected chi connectivity index (χ4v) is 2.46. The van der Waals surface area contributed by atoms with E-state index in [9.17, 15) is 0 Å². The van der Waals surface area contributed by atoms with E-state index in [1.54, 1.807) is 0 Å². The standard InChI is InChI=1S/C12H14Cl2N2/c1-7(2)11-10(5-13)16-6-9(14)4-8(3)12(16)15-11/h4,6-7H,5H2,1-3H3. The number of fused-ring (bicyclic) bond motifs is 1. The SMILES string of the molecule is Cc1cc(Cl)cn2c(CCl)c(C(C)C)nc12. The molecule has 2 rings (SSSR count). The first-order chi connectivity index (χ1) is 7.54. The molecule has 0 bridgehead atoms. The number of aromatic nitrogens is 2. The molecule has 0 N–H and O–H groups in total. The minimum atomic E-state index is 0.367. The molecular formula is C12H14Cl2N2. The van der Waals surface area contributed by atoms with Gasteiger partial charge in [0.1, 0.15) is 5.65 Å². The number of hydrogen-bond donors (Lipinski definition) is 0. The van der Waals surface area contributed by atoms with Gasteiger partial charge in [-0.15, -0.1) is 11.6 Å². The molecule has 0 radical (unpaired) electrons. The quantitative estimate of drug-likeness (QED) is 0.738. The van der Waals surface area contributed by atoms with E-state index in [4.69, 9.17) is 23.2 Å². The number of halogens is 2. The van der Waals surface area contributed by atoms with Crippen molar-refractivity contribution in [3.63, 3.8) is 0 Å². The van der Waals surface area contributed by atoms with Gasteiger partial charge in [0.05, 0.1) is 22.3 Å². The molecule has 0 aromatic carbocycles. The van der Waals surface area contributed by atoms with E-state index in [0.29, 0.717) is 16.8 Å². The van der Waals surface area contributed by atoms with Gasteiger partial charge in [-0.25, -0.2) is 4.98 Å². The minimum absolute atomic E-state index is 0.367. The van der Waals surface area contributed by atoms with Gasteiger partial charge in [0.25, 0.3) is 0 Å². The lowest BCUT2D eigenvalue weighted by atomic mass is 10.1. The highest BCUT2D eigenvalue weighted by Gasteiger charge is 2.15. The van der Waals surface area contributed by atoms with Crippen molar-refractivity contribution in [2.24, 2.45) is 0 Å². The van der Waals surface area contributed by atoms with Crippen LogP contribution in [-0.2, 0) is 5.88 Å². The van der Waals surface area contributed by atoms with Crippen LogP contribution in [-0.4, -0.2) is 9.38 Å². The first-order valence-electron chi connectivity index (χ1n) is 5.27. The van der Waals surface area contributed by atoms with Crippen LogP contribution in [0.4, 0.5) is 0 Å². The molecule has 16 heavy (non-hydrogen) atoms. The smallest absolute Gasteiger partial charge is 0.140 e. The van der Waals surface area contributed by atoms with Gasteiger partial charge in [-0.1, -0.05) is 25.4 Å². The Hall–Kier alpha value is -0.730. The van der Waals surface area contributed by atoms with Crippen molar-refractivity contribution in [3.05, 3.63) is 34.2 Å². The van der Waals surface area contributed by atoms with Gasteiger partial charge in [0.15, 0.2) is 0 Å². The van der Waals surface area contributed by atoms with Crippen LogP contribution < -0.4 is 0 Å². The third kappa shape index (κ3) is 1.80. The zero-order valence-corrected chi connectivity index (χ0v) is 11.1. The Bertz CT molecular complexity index is 529. The van der Waals surface area contributed by atoms with Crippen molar-refractivity contribution in [2.45, 2.75) is 32.6 Å². The molecule has 0 unspecified atom stereocenters. The maximum absolute atomic E-state index is 6.05. The van der Waals surface area contributed by atoms with Gasteiger partial charge < -0.3 is 4.40 Å². The van der Waals surface area contributed by atoms with E-state index in [-0.39, 0.29) is 0 Å². The van der Waals surface area contributed by atoms with Crippen LogP contribution in [0.25, 0.3) is 5.65 Å². The van der Waals surface area contributed by atoms with E-state index in [1.807, 2.05) is 23.6 Å². The molecule has 0 aliphatic carbocycles. The number of hydrogen-bond acceptors (Lipinski definition) is 1. The van der Waals surface area contributed by atoms with Gasteiger partial charge in [-0.3, -0.25) is 0 Å². The third-order valence-corrected chi connectivity index (χ3v) is 3.13. The first-order valence-corrected chi connectivity index (χ1v) is 6.18. The molecule has 86 valence electrons. The Morgan fingerprint density at radius 2 is 2.12 bits per heavy atom. The summed E-state index contributed by atoms with van der Waals surface area (Å²) in [4.78, 5) is 4.64. The zero-order chi connectivity index (χ0) is 11.9. The second kappa shape index (κ2) is 4.27. The number of rotatable bonds is 2. The van der Waals surface area contributed by atoms with Crippen molar-refractivity contribution in [3.8, 4) is 0 Å². The third-order valence-electron chi connectivity index (χ3n) is 2.67. The van der Waals surface area contributed by atoms with Crippen molar-refractivity contribution >= 4 is 28.8 Å². The van der Waals surface area contributed by atoms with Crippen LogP contribution in [0.15, 0.2) is 12.3 Å². The molecule has 0 aliphatic heterocycles. The highest BCUT2D eigenvalue weighted by atomic mass is 35.5. The molecule has 2 aromatic heterocycles. The topological polar surface area (TPSA) is 17.3 Å². The summed E-state index contributed by atoms with van der Waals surface area (Å²) in [6, 6.07) is 1.92. The summed E-state index contributed by atoms with van der Waals surface area (Å²) < 4.78 is 2.00. The van der Waals surface area contributed by atoms with Gasteiger partial charge in [-0.05, 0) is 24.5 Å². The van der Waals surface area contributed by atoms with E-state index < -0.39 is 0 Å². The summed E-state index contributed by atoms with van der Waals surface area (Å²) in [7, 11) is 0. The van der Waals surface area contributed by atoms with E-state index in [2.05, 4.69) is 18.8 Å². The van der Waals surface area contributed by atoms with Crippen LogP contribution in [0.3, 0.4) is 0 Å². The summed E-state index contributed by atoms with van der Waals surface area (Å²) in [6.45, 7) is 6.25. The summed E-state index contributed by atoms with van der Waals surface area (Å²) in [5.74, 6) is 0.820. The van der Waals surface area contributed by atoms with Crippen LogP contribution in [0.5, 0.6) is 0 Å². The van der Waals surface area contributed by atoms with Crippen molar-refractivity contribution in [2.75, 3.05) is 0 Å². The largest absolute Gasteiger partial charge is 0.301 e. The molecule has 2 heterocycles. The van der Waals surface area contributed by atoms with Crippen molar-refractivity contribution < 1.29 is 0 Å². The minimum Gasteiger partial charge on any atom is -0.301 e. The molecule has 0 atom stereocenters. The average molecular weight is 257 g/mol. The van der Waals surface area contributed by atoms with E-state index in [1.165, 1.54) is 0 Å². The molecule has 0 saturated heterocycles. The fraction of sp³-hybridized carbons (Fsp3) is 0.417. The Balaban J connectivity index is 2.82. The lowest BCUT2D eigenvalue weighted by molar-refractivity contribution is 0.818. The zero-order valence-electron chi connectivity index (χ0n) is 9.59. The number of pyridine rings is 1. The van der Waals surface area contributed by atoms with Crippen LogP contribution in [0.2, 0.25) is 5.02 Å². The van der Waals surface area contributed by atoms with Crippen molar-refractivity contribution in [1.82, 2.24) is 9.38 Å². The van der Waals surface area contributed by atoms with Gasteiger partial charge in [-0.2, -0.15) is 0 Å². The second-order valence-electron chi connectivity index (χ2n) is 4.27. The Kier molecular flexibility index (Phi) is 3.13. The molecule has 2 aromatic rings. The summed E-state index contributed by atoms with van der Waals surface area (Å²) >= 11 is 12.0. The summed E-state index contributed by atoms with van der Waals surface area (Å²) in [5.41, 5.74) is 4.12. The number of nitrogens with zero attached hydrogens (tertiary/aromatic N) is 2. The van der Waals surface area contributed by atoms with Gasteiger partial charge in [0, 0.05) is 6.20 Å². The highest BCUT2D eigenvalue weighted by molar-refractivity contribution is 6.30. The second-order valence-corrected chi connectivity index (χ2v) is 4.97. The average Bonchev–Trinajstić information content (AvgIpc) is 2.56. The predicted octanol–water partition coefficient (Wildman–Crippen LogP) is 4.16. The van der Waals surface area contributed by atoms with Crippen LogP contribution in [0, 0.1) is 6.92 Å². The maximum atomic E-state index is 6.05. The molecule has 0 amide bonds.